The Bertz CT molecular complexity index is 1490. The molecule has 0 aliphatic heterocycles. The lowest BCUT2D eigenvalue weighted by atomic mass is 10.1. The van der Waals surface area contributed by atoms with E-state index in [9.17, 15) is 9.59 Å². The molecule has 39 heavy (non-hydrogen) atoms. The summed E-state index contributed by atoms with van der Waals surface area (Å²) < 4.78 is 0. The van der Waals surface area contributed by atoms with Gasteiger partial charge in [0.25, 0.3) is 0 Å². The van der Waals surface area contributed by atoms with Crippen molar-refractivity contribution < 1.29 is 9.59 Å². The van der Waals surface area contributed by atoms with Gasteiger partial charge in [0.05, 0.1) is 24.5 Å². The number of thioether (sulfide) groups is 1. The molecule has 2 aromatic carbocycles. The number of rotatable bonds is 13. The Labute approximate surface area is 237 Å². The van der Waals surface area contributed by atoms with Crippen LogP contribution in [-0.2, 0) is 35.3 Å². The molecule has 0 bridgehead atoms. The van der Waals surface area contributed by atoms with Crippen LogP contribution in [0.2, 0.25) is 0 Å². The van der Waals surface area contributed by atoms with Crippen LogP contribution in [0.25, 0.3) is 0 Å². The summed E-state index contributed by atoms with van der Waals surface area (Å²) in [5, 5.41) is 40.9. The molecule has 198 valence electrons. The molecule has 2 heterocycles. The van der Waals surface area contributed by atoms with Crippen LogP contribution in [0.1, 0.15) is 32.3 Å². The Kier molecular flexibility index (Phi) is 10.2. The minimum Gasteiger partial charge on any atom is -0.308 e. The summed E-state index contributed by atoms with van der Waals surface area (Å²) in [5.74, 6) is 1.32. The second-order valence-corrected chi connectivity index (χ2v) is 11.6. The van der Waals surface area contributed by atoms with E-state index in [1.165, 1.54) is 28.9 Å². The maximum absolute atomic E-state index is 12.3. The molecule has 4 aromatic rings. The number of benzene rings is 2. The van der Waals surface area contributed by atoms with Crippen molar-refractivity contribution in [1.82, 2.24) is 20.4 Å². The average molecular weight is 577 g/mol. The van der Waals surface area contributed by atoms with Crippen LogP contribution in [0.3, 0.4) is 0 Å². The quantitative estimate of drug-likeness (QED) is 0.158. The lowest BCUT2D eigenvalue weighted by molar-refractivity contribution is -0.116. The summed E-state index contributed by atoms with van der Waals surface area (Å²) >= 11 is 4.48. The van der Waals surface area contributed by atoms with Gasteiger partial charge in [-0.1, -0.05) is 53.0 Å². The zero-order valence-electron chi connectivity index (χ0n) is 20.7. The SMILES string of the molecule is N#Cc1cccc(CC(=O)Nc2nnc(CCSCCc3nnc(NC(=O)Cc4cccc(C=N)c4)s3)s2)c1. The molecular formula is C26H24N8O2S3. The van der Waals surface area contributed by atoms with Gasteiger partial charge in [-0.2, -0.15) is 17.0 Å². The molecule has 0 saturated heterocycles. The fourth-order valence-electron chi connectivity index (χ4n) is 3.47. The maximum Gasteiger partial charge on any atom is 0.230 e. The zero-order chi connectivity index (χ0) is 27.5. The van der Waals surface area contributed by atoms with E-state index < -0.39 is 0 Å². The fraction of sp³-hybridized carbons (Fsp3) is 0.231. The zero-order valence-corrected chi connectivity index (χ0v) is 23.2. The van der Waals surface area contributed by atoms with E-state index in [0.717, 1.165) is 51.1 Å². The number of nitriles is 1. The van der Waals surface area contributed by atoms with E-state index in [2.05, 4.69) is 37.1 Å². The Hall–Kier alpha value is -3.99. The van der Waals surface area contributed by atoms with Crippen LogP contribution >= 0.6 is 34.4 Å². The van der Waals surface area contributed by atoms with Crippen molar-refractivity contribution in [1.29, 1.82) is 10.7 Å². The van der Waals surface area contributed by atoms with Gasteiger partial charge in [0.2, 0.25) is 22.1 Å². The molecule has 13 heteroatoms. The number of aryl methyl sites for hydroxylation is 2. The van der Waals surface area contributed by atoms with Crippen molar-refractivity contribution in [3.63, 3.8) is 0 Å². The molecular weight excluding hydrogens is 553 g/mol. The van der Waals surface area contributed by atoms with Gasteiger partial charge in [0, 0.05) is 19.1 Å². The first-order valence-electron chi connectivity index (χ1n) is 11.9. The Balaban J connectivity index is 1.13. The minimum absolute atomic E-state index is 0.163. The number of amides is 2. The second-order valence-electron chi connectivity index (χ2n) is 8.27. The van der Waals surface area contributed by atoms with Gasteiger partial charge < -0.3 is 16.0 Å². The molecule has 0 fully saturated rings. The van der Waals surface area contributed by atoms with Crippen LogP contribution in [0.4, 0.5) is 10.3 Å². The molecule has 0 unspecified atom stereocenters. The summed E-state index contributed by atoms with van der Waals surface area (Å²) in [5.41, 5.74) is 2.88. The molecule has 2 aromatic heterocycles. The third kappa shape index (κ3) is 9.06. The van der Waals surface area contributed by atoms with Gasteiger partial charge in [0.15, 0.2) is 0 Å². The lowest BCUT2D eigenvalue weighted by Gasteiger charge is -2.02. The summed E-state index contributed by atoms with van der Waals surface area (Å²) in [6.45, 7) is 0. The molecule has 0 saturated carbocycles. The van der Waals surface area contributed by atoms with E-state index >= 15 is 0 Å². The number of hydrogen-bond acceptors (Lipinski definition) is 11. The molecule has 4 rings (SSSR count). The highest BCUT2D eigenvalue weighted by Gasteiger charge is 2.11. The van der Waals surface area contributed by atoms with Crippen molar-refractivity contribution in [3.8, 4) is 6.07 Å². The number of carbonyl (C=O) groups is 2. The van der Waals surface area contributed by atoms with E-state index in [1.807, 2.05) is 30.3 Å². The predicted molar refractivity (Wildman–Crippen MR) is 155 cm³/mol. The first kappa shape index (κ1) is 28.0. The summed E-state index contributed by atoms with van der Waals surface area (Å²) in [6, 6.07) is 16.3. The molecule has 0 atom stereocenters. The number of nitrogens with zero attached hydrogens (tertiary/aromatic N) is 5. The van der Waals surface area contributed by atoms with Crippen LogP contribution in [0.15, 0.2) is 48.5 Å². The number of carbonyl (C=O) groups excluding carboxylic acids is 2. The monoisotopic (exact) mass is 576 g/mol. The Morgan fingerprint density at radius 1 is 0.872 bits per heavy atom. The molecule has 10 nitrogen and oxygen atoms in total. The van der Waals surface area contributed by atoms with Gasteiger partial charge in [-0.15, -0.1) is 20.4 Å². The summed E-state index contributed by atoms with van der Waals surface area (Å²) in [4.78, 5) is 24.6. The third-order valence-corrected chi connectivity index (χ3v) is 8.03. The van der Waals surface area contributed by atoms with Gasteiger partial charge in [-0.25, -0.2) is 0 Å². The molecule has 0 aliphatic carbocycles. The Morgan fingerprint density at radius 2 is 1.44 bits per heavy atom. The molecule has 0 aliphatic rings. The smallest absolute Gasteiger partial charge is 0.230 e. The van der Waals surface area contributed by atoms with Gasteiger partial charge in [-0.05, 0) is 46.4 Å². The first-order valence-corrected chi connectivity index (χ1v) is 14.7. The highest BCUT2D eigenvalue weighted by Crippen LogP contribution is 2.20. The van der Waals surface area contributed by atoms with E-state index in [1.54, 1.807) is 30.0 Å². The highest BCUT2D eigenvalue weighted by atomic mass is 32.2. The standard InChI is InChI=1S/C26H24N8O2S3/c27-15-19-5-1-3-17(11-19)13-21(35)29-25-33-31-23(38-25)7-9-37-10-8-24-32-34-26(39-24)30-22(36)14-18-4-2-6-20(12-18)16-28/h1-6,11-12,15,27H,7-10,13-14H2,(H,29,33,35)(H,30,34,36). The lowest BCUT2D eigenvalue weighted by Crippen LogP contribution is -2.14. The summed E-state index contributed by atoms with van der Waals surface area (Å²) in [6.07, 6.45) is 3.10. The number of anilines is 2. The van der Waals surface area contributed by atoms with Crippen LogP contribution in [0, 0.1) is 16.7 Å². The van der Waals surface area contributed by atoms with Gasteiger partial charge >= 0.3 is 0 Å². The third-order valence-electron chi connectivity index (χ3n) is 5.25. The van der Waals surface area contributed by atoms with E-state index in [4.69, 9.17) is 10.7 Å². The maximum atomic E-state index is 12.3. The van der Waals surface area contributed by atoms with Crippen LogP contribution < -0.4 is 10.6 Å². The number of hydrogen-bond donors (Lipinski definition) is 3. The molecule has 3 N–H and O–H groups in total. The first-order chi connectivity index (χ1) is 19.0. The van der Waals surface area contributed by atoms with Gasteiger partial charge in [0.1, 0.15) is 10.0 Å². The largest absolute Gasteiger partial charge is 0.308 e. The summed E-state index contributed by atoms with van der Waals surface area (Å²) in [7, 11) is 0. The van der Waals surface area contributed by atoms with Crippen molar-refractivity contribution in [2.45, 2.75) is 25.7 Å². The van der Waals surface area contributed by atoms with Crippen LogP contribution in [-0.4, -0.2) is 49.9 Å². The topological polar surface area (TPSA) is 157 Å². The van der Waals surface area contributed by atoms with Crippen molar-refractivity contribution in [2.24, 2.45) is 0 Å². The van der Waals surface area contributed by atoms with Crippen LogP contribution in [0.5, 0.6) is 0 Å². The number of aromatic nitrogens is 4. The molecule has 0 radical (unpaired) electrons. The van der Waals surface area contributed by atoms with Crippen molar-refractivity contribution in [2.75, 3.05) is 22.1 Å². The molecule has 2 amide bonds. The second kappa shape index (κ2) is 14.2. The minimum atomic E-state index is -0.202. The van der Waals surface area contributed by atoms with Crippen molar-refractivity contribution >= 4 is 62.7 Å². The normalized spacial score (nSPS) is 10.5. The van der Waals surface area contributed by atoms with Gasteiger partial charge in [-0.3, -0.25) is 9.59 Å². The molecule has 0 spiro atoms. The van der Waals surface area contributed by atoms with Crippen molar-refractivity contribution in [3.05, 3.63) is 80.8 Å². The predicted octanol–water partition coefficient (Wildman–Crippen LogP) is 4.14. The Morgan fingerprint density at radius 3 is 2.00 bits per heavy atom. The fourth-order valence-corrected chi connectivity index (χ4v) is 6.12. The van der Waals surface area contributed by atoms with E-state index in [0.29, 0.717) is 15.8 Å². The van der Waals surface area contributed by atoms with E-state index in [-0.39, 0.29) is 24.7 Å². The average Bonchev–Trinajstić information content (AvgIpc) is 3.57. The highest BCUT2D eigenvalue weighted by molar-refractivity contribution is 7.99. The number of nitrogens with one attached hydrogen (secondary N) is 3.